The molecule has 39 heavy (non-hydrogen) atoms. The van der Waals surface area contributed by atoms with Crippen LogP contribution in [0.25, 0.3) is 11.4 Å². The van der Waals surface area contributed by atoms with Gasteiger partial charge in [0.1, 0.15) is 11.3 Å². The van der Waals surface area contributed by atoms with E-state index < -0.39 is 5.97 Å². The molecule has 8 heteroatoms. The van der Waals surface area contributed by atoms with Gasteiger partial charge in [-0.05, 0) is 32.3 Å². The highest BCUT2D eigenvalue weighted by atomic mass is 16.5. The van der Waals surface area contributed by atoms with Crippen molar-refractivity contribution in [2.75, 3.05) is 26.2 Å². The molecule has 0 saturated carbocycles. The van der Waals surface area contributed by atoms with Crippen LogP contribution in [0.1, 0.15) is 65.7 Å². The first kappa shape index (κ1) is 28.0. The molecule has 0 radical (unpaired) electrons. The molecule has 0 spiro atoms. The number of hydrogen-bond acceptors (Lipinski definition) is 6. The Morgan fingerprint density at radius 1 is 0.923 bits per heavy atom. The van der Waals surface area contributed by atoms with Crippen molar-refractivity contribution in [3.05, 3.63) is 83.2 Å². The van der Waals surface area contributed by atoms with Crippen molar-refractivity contribution >= 4 is 17.8 Å². The topological polar surface area (TPSA) is 92.7 Å². The normalized spacial score (nSPS) is 15.2. The largest absolute Gasteiger partial charge is 0.462 e. The number of nitrogens with zero attached hydrogens (tertiary/aromatic N) is 4. The summed E-state index contributed by atoms with van der Waals surface area (Å²) in [6.45, 7) is 6.99. The second kappa shape index (κ2) is 13.1. The summed E-state index contributed by atoms with van der Waals surface area (Å²) in [5.74, 6) is -0.465. The average molecular weight is 529 g/mol. The predicted molar refractivity (Wildman–Crippen MR) is 149 cm³/mol. The predicted octanol–water partition coefficient (Wildman–Crippen LogP) is 4.58. The highest BCUT2D eigenvalue weighted by Crippen LogP contribution is 2.24. The van der Waals surface area contributed by atoms with E-state index in [0.29, 0.717) is 50.4 Å². The van der Waals surface area contributed by atoms with Crippen molar-refractivity contribution in [1.29, 1.82) is 0 Å². The molecule has 4 rings (SSSR count). The van der Waals surface area contributed by atoms with Crippen molar-refractivity contribution in [1.82, 2.24) is 19.8 Å². The fraction of sp³-hybridized carbons (Fsp3) is 0.387. The molecule has 2 aromatic carbocycles. The van der Waals surface area contributed by atoms with Gasteiger partial charge in [0.25, 0.3) is 5.91 Å². The van der Waals surface area contributed by atoms with Crippen molar-refractivity contribution in [2.24, 2.45) is 0 Å². The van der Waals surface area contributed by atoms with Gasteiger partial charge in [-0.15, -0.1) is 0 Å². The lowest BCUT2D eigenvalue weighted by atomic mass is 10.0. The van der Waals surface area contributed by atoms with Crippen LogP contribution >= 0.6 is 0 Å². The first-order valence-corrected chi connectivity index (χ1v) is 13.7. The van der Waals surface area contributed by atoms with Gasteiger partial charge in [0.2, 0.25) is 5.91 Å². The van der Waals surface area contributed by atoms with Crippen molar-refractivity contribution < 1.29 is 19.1 Å². The molecular weight excluding hydrogens is 492 g/mol. The minimum Gasteiger partial charge on any atom is -0.462 e. The summed E-state index contributed by atoms with van der Waals surface area (Å²) in [5.41, 5.74) is 2.59. The fourth-order valence-electron chi connectivity index (χ4n) is 4.92. The van der Waals surface area contributed by atoms with Crippen molar-refractivity contribution in [3.63, 3.8) is 0 Å². The zero-order valence-electron chi connectivity index (χ0n) is 22.9. The molecule has 1 aromatic heterocycles. The molecular formula is C31H36N4O4. The van der Waals surface area contributed by atoms with E-state index in [1.165, 1.54) is 0 Å². The molecule has 0 aliphatic carbocycles. The van der Waals surface area contributed by atoms with Crippen LogP contribution in [-0.4, -0.2) is 69.8 Å². The maximum atomic E-state index is 13.9. The summed E-state index contributed by atoms with van der Waals surface area (Å²) in [4.78, 5) is 52.8. The van der Waals surface area contributed by atoms with E-state index in [0.717, 1.165) is 17.5 Å². The van der Waals surface area contributed by atoms with Crippen LogP contribution in [0.5, 0.6) is 0 Å². The molecule has 3 aromatic rings. The van der Waals surface area contributed by atoms with E-state index in [1.54, 1.807) is 11.8 Å². The summed E-state index contributed by atoms with van der Waals surface area (Å²) in [5, 5.41) is 0. The molecule has 1 atom stereocenters. The quantitative estimate of drug-likeness (QED) is 0.378. The summed E-state index contributed by atoms with van der Waals surface area (Å²) < 4.78 is 5.33. The number of rotatable bonds is 9. The first-order valence-electron chi connectivity index (χ1n) is 13.7. The molecule has 1 aliphatic rings. The number of amides is 2. The standard InChI is InChI=1S/C31H36N4O4/c1-4-12-25-27(31(38)39-5-2)28(33-29(32-25)24-15-10-7-11-16-24)30(37)34-19-20-35(22(3)21-34)26(36)18-17-23-13-8-6-9-14-23/h6-11,13-16,22H,4-5,12,17-21H2,1-3H3. The van der Waals surface area contributed by atoms with E-state index in [4.69, 9.17) is 4.74 Å². The van der Waals surface area contributed by atoms with Gasteiger partial charge in [0.05, 0.1) is 12.3 Å². The Bertz CT molecular complexity index is 1300. The maximum Gasteiger partial charge on any atom is 0.342 e. The second-order valence-electron chi connectivity index (χ2n) is 9.73. The zero-order valence-corrected chi connectivity index (χ0v) is 22.9. The van der Waals surface area contributed by atoms with Gasteiger partial charge in [-0.3, -0.25) is 9.59 Å². The Morgan fingerprint density at radius 3 is 2.26 bits per heavy atom. The van der Waals surface area contributed by atoms with E-state index in [2.05, 4.69) is 9.97 Å². The van der Waals surface area contributed by atoms with Gasteiger partial charge in [0, 0.05) is 37.7 Å². The number of hydrogen-bond donors (Lipinski definition) is 0. The minimum absolute atomic E-state index is 0.0572. The van der Waals surface area contributed by atoms with Crippen LogP contribution in [-0.2, 0) is 22.4 Å². The van der Waals surface area contributed by atoms with E-state index in [1.807, 2.05) is 79.4 Å². The first-order chi connectivity index (χ1) is 18.9. The van der Waals surface area contributed by atoms with Crippen molar-refractivity contribution in [2.45, 2.75) is 52.5 Å². The van der Waals surface area contributed by atoms with Gasteiger partial charge < -0.3 is 14.5 Å². The number of ether oxygens (including phenoxy) is 1. The van der Waals surface area contributed by atoms with E-state index >= 15 is 0 Å². The lowest BCUT2D eigenvalue weighted by Gasteiger charge is -2.40. The number of aromatic nitrogens is 2. The molecule has 0 bridgehead atoms. The molecule has 1 unspecified atom stereocenters. The molecule has 2 heterocycles. The number of aryl methyl sites for hydroxylation is 2. The molecule has 1 saturated heterocycles. The average Bonchev–Trinajstić information content (AvgIpc) is 2.96. The molecule has 8 nitrogen and oxygen atoms in total. The third-order valence-electron chi connectivity index (χ3n) is 6.89. The summed E-state index contributed by atoms with van der Waals surface area (Å²) >= 11 is 0. The van der Waals surface area contributed by atoms with Crippen LogP contribution in [0.3, 0.4) is 0 Å². The molecule has 1 fully saturated rings. The molecule has 1 aliphatic heterocycles. The number of benzene rings is 2. The minimum atomic E-state index is -0.591. The molecule has 2 amide bonds. The summed E-state index contributed by atoms with van der Waals surface area (Å²) in [6.07, 6.45) is 2.35. The van der Waals surface area contributed by atoms with Gasteiger partial charge in [-0.25, -0.2) is 14.8 Å². The van der Waals surface area contributed by atoms with Crippen LogP contribution in [0, 0.1) is 0 Å². The van der Waals surface area contributed by atoms with E-state index in [9.17, 15) is 14.4 Å². The Balaban J connectivity index is 1.58. The van der Waals surface area contributed by atoms with Gasteiger partial charge in [-0.1, -0.05) is 74.0 Å². The number of esters is 1. The third-order valence-corrected chi connectivity index (χ3v) is 6.89. The highest BCUT2D eigenvalue weighted by molar-refractivity contribution is 6.05. The highest BCUT2D eigenvalue weighted by Gasteiger charge is 2.34. The monoisotopic (exact) mass is 528 g/mol. The maximum absolute atomic E-state index is 13.9. The summed E-state index contributed by atoms with van der Waals surface area (Å²) in [6, 6.07) is 19.2. The fourth-order valence-corrected chi connectivity index (χ4v) is 4.92. The lowest BCUT2D eigenvalue weighted by Crippen LogP contribution is -2.55. The van der Waals surface area contributed by atoms with Gasteiger partial charge in [0.15, 0.2) is 5.82 Å². The Hall–Kier alpha value is -4.07. The Kier molecular flexibility index (Phi) is 9.41. The lowest BCUT2D eigenvalue weighted by molar-refractivity contribution is -0.135. The molecule has 0 N–H and O–H groups in total. The summed E-state index contributed by atoms with van der Waals surface area (Å²) in [7, 11) is 0. The Morgan fingerprint density at radius 2 is 1.62 bits per heavy atom. The Labute approximate surface area is 230 Å². The van der Waals surface area contributed by atoms with Gasteiger partial charge in [-0.2, -0.15) is 0 Å². The number of carbonyl (C=O) groups excluding carboxylic acids is 3. The van der Waals surface area contributed by atoms with Crippen molar-refractivity contribution in [3.8, 4) is 11.4 Å². The van der Waals surface area contributed by atoms with Crippen LogP contribution < -0.4 is 0 Å². The van der Waals surface area contributed by atoms with Crippen LogP contribution in [0.2, 0.25) is 0 Å². The third kappa shape index (κ3) is 6.69. The van der Waals surface area contributed by atoms with Crippen LogP contribution in [0.4, 0.5) is 0 Å². The molecule has 204 valence electrons. The van der Waals surface area contributed by atoms with Crippen LogP contribution in [0.15, 0.2) is 60.7 Å². The van der Waals surface area contributed by atoms with E-state index in [-0.39, 0.29) is 35.7 Å². The smallest absolute Gasteiger partial charge is 0.342 e. The zero-order chi connectivity index (χ0) is 27.8. The number of carbonyl (C=O) groups is 3. The second-order valence-corrected chi connectivity index (χ2v) is 9.73. The SMILES string of the molecule is CCCc1nc(-c2ccccc2)nc(C(=O)N2CCN(C(=O)CCc3ccccc3)C(C)C2)c1C(=O)OCC. The van der Waals surface area contributed by atoms with Gasteiger partial charge >= 0.3 is 5.97 Å². The number of piperazine rings is 1.